The van der Waals surface area contributed by atoms with Gasteiger partial charge in [-0.3, -0.25) is 4.79 Å². The molecule has 0 unspecified atom stereocenters. The van der Waals surface area contributed by atoms with Crippen LogP contribution in [-0.4, -0.2) is 19.1 Å². The Hall–Kier alpha value is -2.29. The van der Waals surface area contributed by atoms with Gasteiger partial charge in [0.05, 0.1) is 6.61 Å². The van der Waals surface area contributed by atoms with Gasteiger partial charge in [-0.25, -0.2) is 0 Å². The predicted molar refractivity (Wildman–Crippen MR) is 84.3 cm³/mol. The molecule has 2 rings (SSSR count). The smallest absolute Gasteiger partial charge is 0.216 e. The average molecular weight is 282 g/mol. The van der Waals surface area contributed by atoms with Crippen molar-refractivity contribution in [2.24, 2.45) is 0 Å². The number of hydrogen-bond acceptors (Lipinski definition) is 2. The summed E-state index contributed by atoms with van der Waals surface area (Å²) in [6, 6.07) is 17.4. The van der Waals surface area contributed by atoms with E-state index in [1.54, 1.807) is 0 Å². The Labute approximate surface area is 126 Å². The van der Waals surface area contributed by atoms with E-state index >= 15 is 0 Å². The molecule has 0 spiro atoms. The Morgan fingerprint density at radius 1 is 1.14 bits per heavy atom. The number of nitrogens with one attached hydrogen (secondary N) is 1. The predicted octanol–water partition coefficient (Wildman–Crippen LogP) is 3.23. The van der Waals surface area contributed by atoms with Crippen molar-refractivity contribution in [3.05, 3.63) is 54.1 Å². The number of benzene rings is 2. The Bertz CT molecular complexity index is 573. The van der Waals surface area contributed by atoms with Gasteiger partial charge in [0.15, 0.2) is 0 Å². The molecule has 1 N–H and O–H groups in total. The second kappa shape index (κ2) is 7.48. The summed E-state index contributed by atoms with van der Waals surface area (Å²) >= 11 is 0. The minimum absolute atomic E-state index is 0.0107. The normalized spacial score (nSPS) is 10.2. The van der Waals surface area contributed by atoms with E-state index < -0.39 is 0 Å². The third kappa shape index (κ3) is 4.63. The molecule has 0 aliphatic carbocycles. The fraction of sp³-hybridized carbons (Fsp3) is 0.278. The van der Waals surface area contributed by atoms with Crippen molar-refractivity contribution < 1.29 is 9.53 Å². The highest BCUT2D eigenvalue weighted by Gasteiger charge is 2.00. The van der Waals surface area contributed by atoms with Crippen LogP contribution < -0.4 is 10.1 Å². The maximum atomic E-state index is 10.8. The van der Waals surface area contributed by atoms with E-state index in [0.29, 0.717) is 13.2 Å². The lowest BCUT2D eigenvalue weighted by Crippen LogP contribution is -2.22. The van der Waals surface area contributed by atoms with Crippen LogP contribution in [0.2, 0.25) is 0 Å². The second-order valence-electron chi connectivity index (χ2n) is 4.80. The SMILES string of the molecule is CCOc1[c]cc(-c2ccc(CCNC(C)=O)cc2)cc1. The lowest BCUT2D eigenvalue weighted by Gasteiger charge is -2.07. The molecule has 2 aromatic carbocycles. The first-order valence-corrected chi connectivity index (χ1v) is 7.17. The zero-order valence-electron chi connectivity index (χ0n) is 12.5. The molecular weight excluding hydrogens is 262 g/mol. The monoisotopic (exact) mass is 282 g/mol. The van der Waals surface area contributed by atoms with Crippen LogP contribution in [0.4, 0.5) is 0 Å². The van der Waals surface area contributed by atoms with Crippen molar-refractivity contribution >= 4 is 5.91 Å². The number of amides is 1. The zero-order chi connectivity index (χ0) is 15.1. The van der Waals surface area contributed by atoms with Gasteiger partial charge in [0, 0.05) is 19.5 Å². The molecule has 109 valence electrons. The van der Waals surface area contributed by atoms with E-state index in [-0.39, 0.29) is 5.91 Å². The van der Waals surface area contributed by atoms with E-state index in [4.69, 9.17) is 4.74 Å². The van der Waals surface area contributed by atoms with Crippen molar-refractivity contribution in [2.75, 3.05) is 13.2 Å². The molecule has 0 saturated carbocycles. The molecule has 0 atom stereocenters. The van der Waals surface area contributed by atoms with Gasteiger partial charge in [0.25, 0.3) is 0 Å². The van der Waals surface area contributed by atoms with Gasteiger partial charge < -0.3 is 10.1 Å². The Morgan fingerprint density at radius 2 is 1.86 bits per heavy atom. The van der Waals surface area contributed by atoms with Crippen LogP contribution in [0.25, 0.3) is 11.1 Å². The van der Waals surface area contributed by atoms with Crippen LogP contribution >= 0.6 is 0 Å². The van der Waals surface area contributed by atoms with E-state index in [9.17, 15) is 4.79 Å². The highest BCUT2D eigenvalue weighted by molar-refractivity contribution is 5.72. The van der Waals surface area contributed by atoms with Crippen LogP contribution in [0, 0.1) is 6.07 Å². The summed E-state index contributed by atoms with van der Waals surface area (Å²) in [6.07, 6.45) is 0.843. The summed E-state index contributed by atoms with van der Waals surface area (Å²) in [5.74, 6) is 0.782. The van der Waals surface area contributed by atoms with Gasteiger partial charge in [-0.2, -0.15) is 0 Å². The number of carbonyl (C=O) groups excluding carboxylic acids is 1. The third-order valence-corrected chi connectivity index (χ3v) is 3.16. The molecular formula is C18H20NO2. The molecule has 3 heteroatoms. The lowest BCUT2D eigenvalue weighted by molar-refractivity contribution is -0.118. The molecule has 1 amide bonds. The summed E-state index contributed by atoms with van der Waals surface area (Å²) in [5.41, 5.74) is 3.48. The summed E-state index contributed by atoms with van der Waals surface area (Å²) in [5, 5.41) is 2.80. The maximum Gasteiger partial charge on any atom is 0.216 e. The highest BCUT2D eigenvalue weighted by atomic mass is 16.5. The maximum absolute atomic E-state index is 10.8. The molecule has 0 aromatic heterocycles. The van der Waals surface area contributed by atoms with Crippen molar-refractivity contribution in [1.82, 2.24) is 5.32 Å². The Morgan fingerprint density at radius 3 is 2.43 bits per heavy atom. The van der Waals surface area contributed by atoms with Gasteiger partial charge in [0.2, 0.25) is 5.91 Å². The molecule has 3 nitrogen and oxygen atoms in total. The van der Waals surface area contributed by atoms with E-state index in [2.05, 4.69) is 35.6 Å². The van der Waals surface area contributed by atoms with E-state index in [1.807, 2.05) is 25.1 Å². The first-order valence-electron chi connectivity index (χ1n) is 7.17. The fourth-order valence-electron chi connectivity index (χ4n) is 2.08. The van der Waals surface area contributed by atoms with Crippen molar-refractivity contribution in [2.45, 2.75) is 20.3 Å². The molecule has 1 radical (unpaired) electrons. The number of hydrogen-bond donors (Lipinski definition) is 1. The molecule has 21 heavy (non-hydrogen) atoms. The standard InChI is InChI=1S/C18H20NO2/c1-3-21-18-10-8-17(9-11-18)16-6-4-15(5-7-16)12-13-19-14(2)20/h4-10H,3,12-13H2,1-2H3,(H,19,20). The van der Waals surface area contributed by atoms with Crippen molar-refractivity contribution in [1.29, 1.82) is 0 Å². The van der Waals surface area contributed by atoms with Crippen LogP contribution in [0.15, 0.2) is 42.5 Å². The Kier molecular flexibility index (Phi) is 5.38. The fourth-order valence-corrected chi connectivity index (χ4v) is 2.08. The zero-order valence-corrected chi connectivity index (χ0v) is 12.5. The average Bonchev–Trinajstić information content (AvgIpc) is 2.49. The molecule has 0 saturated heterocycles. The van der Waals surface area contributed by atoms with Gasteiger partial charge in [-0.05, 0) is 42.2 Å². The lowest BCUT2D eigenvalue weighted by atomic mass is 10.0. The Balaban J connectivity index is 1.99. The topological polar surface area (TPSA) is 38.3 Å². The number of ether oxygens (including phenoxy) is 1. The summed E-state index contributed by atoms with van der Waals surface area (Å²) in [4.78, 5) is 10.8. The molecule has 2 aromatic rings. The largest absolute Gasteiger partial charge is 0.493 e. The van der Waals surface area contributed by atoms with Gasteiger partial charge >= 0.3 is 0 Å². The summed E-state index contributed by atoms with van der Waals surface area (Å²) in [6.45, 7) is 4.82. The summed E-state index contributed by atoms with van der Waals surface area (Å²) < 4.78 is 5.39. The van der Waals surface area contributed by atoms with Crippen LogP contribution in [0.1, 0.15) is 19.4 Å². The highest BCUT2D eigenvalue weighted by Crippen LogP contribution is 2.22. The van der Waals surface area contributed by atoms with Crippen molar-refractivity contribution in [3.8, 4) is 16.9 Å². The van der Waals surface area contributed by atoms with Crippen molar-refractivity contribution in [3.63, 3.8) is 0 Å². The first kappa shape index (κ1) is 15.1. The molecule has 0 aliphatic heterocycles. The first-order chi connectivity index (χ1) is 10.2. The minimum Gasteiger partial charge on any atom is -0.493 e. The minimum atomic E-state index is 0.0107. The molecule has 0 aliphatic rings. The quantitative estimate of drug-likeness (QED) is 0.883. The number of carbonyl (C=O) groups is 1. The van der Waals surface area contributed by atoms with Crippen LogP contribution in [0.5, 0.6) is 5.75 Å². The van der Waals surface area contributed by atoms with E-state index in [1.165, 1.54) is 12.5 Å². The second-order valence-corrected chi connectivity index (χ2v) is 4.80. The molecule has 0 fully saturated rings. The van der Waals surface area contributed by atoms with Gasteiger partial charge in [0.1, 0.15) is 5.75 Å². The van der Waals surface area contributed by atoms with Crippen LogP contribution in [0.3, 0.4) is 0 Å². The molecule has 0 heterocycles. The molecule has 0 bridgehead atoms. The van der Waals surface area contributed by atoms with Crippen LogP contribution in [-0.2, 0) is 11.2 Å². The number of rotatable bonds is 6. The third-order valence-electron chi connectivity index (χ3n) is 3.16. The summed E-state index contributed by atoms with van der Waals surface area (Å²) in [7, 11) is 0. The van der Waals surface area contributed by atoms with Gasteiger partial charge in [-0.1, -0.05) is 30.3 Å². The van der Waals surface area contributed by atoms with E-state index in [0.717, 1.165) is 23.3 Å². The van der Waals surface area contributed by atoms with Gasteiger partial charge in [-0.15, -0.1) is 0 Å².